The Morgan fingerprint density at radius 3 is 2.42 bits per heavy atom. The number of nitrogens with zero attached hydrogens (tertiary/aromatic N) is 5. The Morgan fingerprint density at radius 2 is 1.94 bits per heavy atom. The molecule has 0 radical (unpaired) electrons. The fourth-order valence-electron chi connectivity index (χ4n) is 2.36. The molecule has 0 atom stereocenters. The van der Waals surface area contributed by atoms with Crippen LogP contribution in [0.4, 0.5) is 22.0 Å². The van der Waals surface area contributed by atoms with E-state index in [0.717, 1.165) is 20.1 Å². The minimum Gasteiger partial charge on any atom is -0.475 e. The zero-order chi connectivity index (χ0) is 24.9. The first-order chi connectivity index (χ1) is 15.3. The number of thiophene rings is 1. The molecular formula is C17H16ClF5N6O3S. The van der Waals surface area contributed by atoms with Crippen LogP contribution in [0.1, 0.15) is 4.88 Å². The Balaban J connectivity index is 0.000000479. The Kier molecular flexibility index (Phi) is 8.51. The van der Waals surface area contributed by atoms with Gasteiger partial charge in [0.25, 0.3) is 6.08 Å². The van der Waals surface area contributed by atoms with Crippen molar-refractivity contribution < 1.29 is 31.9 Å². The van der Waals surface area contributed by atoms with E-state index in [1.807, 2.05) is 19.2 Å². The Labute approximate surface area is 191 Å². The van der Waals surface area contributed by atoms with Crippen LogP contribution < -0.4 is 11.4 Å². The van der Waals surface area contributed by atoms with Gasteiger partial charge in [-0.3, -0.25) is 4.57 Å². The molecule has 9 nitrogen and oxygen atoms in total. The lowest BCUT2D eigenvalue weighted by atomic mass is 10.3. The summed E-state index contributed by atoms with van der Waals surface area (Å²) in [6.45, 7) is -0.369. The van der Waals surface area contributed by atoms with Crippen molar-refractivity contribution in [2.24, 2.45) is 12.8 Å². The molecule has 16 heteroatoms. The average molecular weight is 515 g/mol. The van der Waals surface area contributed by atoms with Crippen molar-refractivity contribution in [1.82, 2.24) is 23.9 Å². The first kappa shape index (κ1) is 26.2. The maximum atomic E-state index is 12.7. The lowest BCUT2D eigenvalue weighted by Crippen LogP contribution is -2.27. The lowest BCUT2D eigenvalue weighted by Gasteiger charge is -2.02. The number of carboxylic acids is 1. The van der Waals surface area contributed by atoms with Crippen molar-refractivity contribution in [3.8, 4) is 10.6 Å². The van der Waals surface area contributed by atoms with Crippen molar-refractivity contribution in [1.29, 1.82) is 0 Å². The summed E-state index contributed by atoms with van der Waals surface area (Å²) in [5, 5.41) is 11.4. The molecule has 0 aliphatic carbocycles. The summed E-state index contributed by atoms with van der Waals surface area (Å²) in [7, 11) is 1.81. The predicted molar refractivity (Wildman–Crippen MR) is 109 cm³/mol. The monoisotopic (exact) mass is 514 g/mol. The number of hydrogen-bond donors (Lipinski definition) is 2. The van der Waals surface area contributed by atoms with E-state index < -0.39 is 23.9 Å². The lowest BCUT2D eigenvalue weighted by molar-refractivity contribution is -0.192. The normalized spacial score (nSPS) is 11.2. The van der Waals surface area contributed by atoms with Crippen molar-refractivity contribution in [3.05, 3.63) is 57.0 Å². The maximum Gasteiger partial charge on any atom is 0.490 e. The van der Waals surface area contributed by atoms with Crippen LogP contribution in [0.25, 0.3) is 10.6 Å². The van der Waals surface area contributed by atoms with Crippen molar-refractivity contribution in [2.45, 2.75) is 19.3 Å². The second kappa shape index (κ2) is 10.7. The molecule has 0 aromatic carbocycles. The fraction of sp³-hybridized carbons (Fsp3) is 0.294. The molecule has 3 aromatic heterocycles. The van der Waals surface area contributed by atoms with E-state index >= 15 is 0 Å². The van der Waals surface area contributed by atoms with Crippen molar-refractivity contribution >= 4 is 28.9 Å². The highest BCUT2D eigenvalue weighted by Gasteiger charge is 2.38. The maximum absolute atomic E-state index is 12.7. The number of carbonyl (C=O) groups is 1. The minimum absolute atomic E-state index is 0.287. The molecule has 0 saturated heterocycles. The van der Waals surface area contributed by atoms with Gasteiger partial charge in [0.1, 0.15) is 6.33 Å². The van der Waals surface area contributed by atoms with E-state index in [-0.39, 0.29) is 25.2 Å². The van der Waals surface area contributed by atoms with Crippen molar-refractivity contribution in [2.75, 3.05) is 6.54 Å². The molecule has 3 aromatic rings. The van der Waals surface area contributed by atoms with E-state index in [0.29, 0.717) is 5.28 Å². The third kappa shape index (κ3) is 6.72. The second-order valence-corrected chi connectivity index (χ2v) is 7.81. The van der Waals surface area contributed by atoms with E-state index in [1.54, 1.807) is 10.8 Å². The van der Waals surface area contributed by atoms with E-state index in [4.69, 9.17) is 27.2 Å². The molecule has 33 heavy (non-hydrogen) atoms. The van der Waals surface area contributed by atoms with Crippen LogP contribution in [0, 0.1) is 0 Å². The van der Waals surface area contributed by atoms with Gasteiger partial charge in [0.15, 0.2) is 0 Å². The van der Waals surface area contributed by atoms with Gasteiger partial charge in [-0.2, -0.15) is 27.1 Å². The Bertz CT molecular complexity index is 1210. The number of nitrogens with two attached hydrogens (primary N) is 1. The average Bonchev–Trinajstić information content (AvgIpc) is 3.41. The summed E-state index contributed by atoms with van der Waals surface area (Å²) in [5.74, 6) is -2.76. The van der Waals surface area contributed by atoms with Crippen LogP contribution in [0.15, 0.2) is 41.1 Å². The SMILES string of the molecule is Cn1c(-c2ccc(Cn3cnn(CC(CN)=C(F)F)c3=O)s2)cnc1Cl.O=C(O)C(F)(F)F. The fourth-order valence-corrected chi connectivity index (χ4v) is 3.55. The highest BCUT2D eigenvalue weighted by molar-refractivity contribution is 7.15. The summed E-state index contributed by atoms with van der Waals surface area (Å²) in [4.78, 5) is 27.1. The molecule has 0 spiro atoms. The highest BCUT2D eigenvalue weighted by Crippen LogP contribution is 2.29. The summed E-state index contributed by atoms with van der Waals surface area (Å²) < 4.78 is 61.2. The zero-order valence-corrected chi connectivity index (χ0v) is 18.3. The molecule has 180 valence electrons. The number of alkyl halides is 3. The quantitative estimate of drug-likeness (QED) is 0.488. The van der Waals surface area contributed by atoms with Gasteiger partial charge in [0.2, 0.25) is 5.28 Å². The molecule has 0 bridgehead atoms. The van der Waals surface area contributed by atoms with Crippen LogP contribution in [0.2, 0.25) is 5.28 Å². The topological polar surface area (TPSA) is 121 Å². The van der Waals surface area contributed by atoms with Gasteiger partial charge in [0.05, 0.1) is 29.9 Å². The summed E-state index contributed by atoms with van der Waals surface area (Å²) in [6.07, 6.45) is -3.96. The van der Waals surface area contributed by atoms with Crippen molar-refractivity contribution in [3.63, 3.8) is 0 Å². The first-order valence-electron chi connectivity index (χ1n) is 8.76. The smallest absolute Gasteiger partial charge is 0.475 e. The van der Waals surface area contributed by atoms with E-state index in [2.05, 4.69) is 10.1 Å². The summed E-state index contributed by atoms with van der Waals surface area (Å²) in [6, 6.07) is 3.80. The van der Waals surface area contributed by atoms with Crippen LogP contribution in [-0.2, 0) is 24.9 Å². The number of rotatable bonds is 6. The number of imidazole rings is 1. The molecule has 0 amide bonds. The van der Waals surface area contributed by atoms with E-state index in [9.17, 15) is 26.7 Å². The highest BCUT2D eigenvalue weighted by atomic mass is 35.5. The summed E-state index contributed by atoms with van der Waals surface area (Å²) >= 11 is 7.43. The van der Waals surface area contributed by atoms with Gasteiger partial charge < -0.3 is 15.4 Å². The van der Waals surface area contributed by atoms with Gasteiger partial charge in [0, 0.05) is 24.0 Å². The Morgan fingerprint density at radius 1 is 1.30 bits per heavy atom. The third-order valence-electron chi connectivity index (χ3n) is 4.07. The van der Waals surface area contributed by atoms with Gasteiger partial charge in [-0.05, 0) is 23.7 Å². The van der Waals surface area contributed by atoms with Crippen LogP contribution >= 0.6 is 22.9 Å². The number of carboxylic acid groups (broad SMARTS) is 1. The number of aromatic nitrogens is 5. The largest absolute Gasteiger partial charge is 0.490 e. The van der Waals surface area contributed by atoms with Crippen LogP contribution in [-0.4, -0.2) is 47.7 Å². The molecule has 0 aliphatic rings. The molecule has 3 rings (SSSR count). The van der Waals surface area contributed by atoms with E-state index in [1.165, 1.54) is 22.2 Å². The molecule has 3 heterocycles. The minimum atomic E-state index is -5.08. The molecule has 3 N–H and O–H groups in total. The predicted octanol–water partition coefficient (Wildman–Crippen LogP) is 2.95. The first-order valence-corrected chi connectivity index (χ1v) is 9.96. The number of hydrogen-bond acceptors (Lipinski definition) is 6. The molecule has 0 fully saturated rings. The molecule has 0 unspecified atom stereocenters. The standard InChI is InChI=1S/C15H15ClF2N6OS.C2HF3O2/c1-22-11(5-20-14(22)16)12-3-2-10(26-12)7-23-8-21-24(15(23)25)6-9(4-19)13(17)18;3-2(4,5)1(6)7/h2-3,5,8H,4,6-7,19H2,1H3;(H,6,7). The summed E-state index contributed by atoms with van der Waals surface area (Å²) in [5.41, 5.74) is 5.35. The van der Waals surface area contributed by atoms with Crippen LogP contribution in [0.3, 0.4) is 0 Å². The second-order valence-electron chi connectivity index (χ2n) is 6.31. The molecule has 0 aliphatic heterocycles. The van der Waals surface area contributed by atoms with Gasteiger partial charge in [-0.1, -0.05) is 0 Å². The number of aliphatic carboxylic acids is 1. The zero-order valence-electron chi connectivity index (χ0n) is 16.7. The van der Waals surface area contributed by atoms with Gasteiger partial charge >= 0.3 is 17.8 Å². The van der Waals surface area contributed by atoms with Crippen LogP contribution in [0.5, 0.6) is 0 Å². The van der Waals surface area contributed by atoms with Gasteiger partial charge in [-0.25, -0.2) is 19.3 Å². The molecular weight excluding hydrogens is 499 g/mol. The molecule has 0 saturated carbocycles. The third-order valence-corrected chi connectivity index (χ3v) is 5.51. The number of halogens is 6. The Hall–Kier alpha value is -3.04. The van der Waals surface area contributed by atoms with Gasteiger partial charge in [-0.15, -0.1) is 11.3 Å².